The zero-order valence-electron chi connectivity index (χ0n) is 18.0. The van der Waals surface area contributed by atoms with Crippen molar-refractivity contribution in [3.05, 3.63) is 17.5 Å². The number of guanidine groups is 1. The maximum absolute atomic E-state index is 4.61. The van der Waals surface area contributed by atoms with Gasteiger partial charge in [0.05, 0.1) is 5.69 Å². The highest BCUT2D eigenvalue weighted by Crippen LogP contribution is 2.18. The van der Waals surface area contributed by atoms with Crippen molar-refractivity contribution in [2.24, 2.45) is 18.0 Å². The van der Waals surface area contributed by atoms with Gasteiger partial charge in [-0.2, -0.15) is 5.10 Å². The summed E-state index contributed by atoms with van der Waals surface area (Å²) in [6.07, 6.45) is 6.23. The molecule has 0 radical (unpaired) electrons. The first-order valence-corrected chi connectivity index (χ1v) is 10.1. The van der Waals surface area contributed by atoms with Crippen LogP contribution in [0, 0.1) is 5.92 Å². The summed E-state index contributed by atoms with van der Waals surface area (Å²) in [5, 5.41) is 8.17. The fourth-order valence-corrected chi connectivity index (χ4v) is 3.79. The summed E-state index contributed by atoms with van der Waals surface area (Å²) < 4.78 is 1.91. The van der Waals surface area contributed by atoms with Crippen LogP contribution in [0.25, 0.3) is 0 Å². The van der Waals surface area contributed by atoms with E-state index in [1.54, 1.807) is 0 Å². The van der Waals surface area contributed by atoms with Gasteiger partial charge in [-0.15, -0.1) is 24.0 Å². The predicted molar refractivity (Wildman–Crippen MR) is 125 cm³/mol. The van der Waals surface area contributed by atoms with Crippen molar-refractivity contribution in [2.75, 3.05) is 40.3 Å². The molecule has 1 aromatic rings. The maximum atomic E-state index is 4.61. The number of nitrogens with zero attached hydrogens (tertiary/aromatic N) is 5. The molecule has 2 rings (SSSR count). The van der Waals surface area contributed by atoms with Crippen LogP contribution in [0.3, 0.4) is 0 Å². The number of halogens is 1. The van der Waals surface area contributed by atoms with E-state index in [-0.39, 0.29) is 24.0 Å². The molecule has 1 saturated heterocycles. The number of piperidine rings is 1. The van der Waals surface area contributed by atoms with Crippen molar-refractivity contribution in [3.63, 3.8) is 0 Å². The second-order valence-corrected chi connectivity index (χ2v) is 8.12. The van der Waals surface area contributed by atoms with Crippen molar-refractivity contribution in [1.82, 2.24) is 24.9 Å². The van der Waals surface area contributed by atoms with Crippen LogP contribution < -0.4 is 5.32 Å². The fourth-order valence-electron chi connectivity index (χ4n) is 3.79. The standard InChI is InChI=1S/C20H38N6.HI/c1-16(2)19-18(15-25(6)23-19)14-24(5)20(21-4)22-12-17(3)13-26-10-8-7-9-11-26;/h15-17H,7-14H2,1-6H3,(H,21,22);1H. The molecule has 0 bridgehead atoms. The normalized spacial score (nSPS) is 16.9. The van der Waals surface area contributed by atoms with E-state index < -0.39 is 0 Å². The molecular formula is C20H39IN6. The molecule has 0 aliphatic carbocycles. The number of rotatable bonds is 7. The van der Waals surface area contributed by atoms with Gasteiger partial charge in [-0.05, 0) is 37.8 Å². The van der Waals surface area contributed by atoms with Gasteiger partial charge in [-0.3, -0.25) is 9.67 Å². The molecule has 1 aliphatic rings. The number of hydrogen-bond donors (Lipinski definition) is 1. The van der Waals surface area contributed by atoms with Crippen LogP contribution in [0.4, 0.5) is 0 Å². The van der Waals surface area contributed by atoms with E-state index in [2.05, 4.69) is 59.2 Å². The average Bonchev–Trinajstić information content (AvgIpc) is 2.97. The Kier molecular flexibility index (Phi) is 10.7. The number of likely N-dealkylation sites (tertiary alicyclic amines) is 1. The van der Waals surface area contributed by atoms with Crippen molar-refractivity contribution in [1.29, 1.82) is 0 Å². The SMILES string of the molecule is CN=C(NCC(C)CN1CCCCC1)N(C)Cc1cn(C)nc1C(C)C.I. The quantitative estimate of drug-likeness (QED) is 0.362. The van der Waals surface area contributed by atoms with Crippen molar-refractivity contribution in [3.8, 4) is 0 Å². The lowest BCUT2D eigenvalue weighted by Crippen LogP contribution is -2.43. The molecule has 1 aromatic heterocycles. The van der Waals surface area contributed by atoms with Crippen LogP contribution in [-0.2, 0) is 13.6 Å². The Hall–Kier alpha value is -0.830. The Balaban J connectivity index is 0.00000364. The molecule has 0 saturated carbocycles. The van der Waals surface area contributed by atoms with Gasteiger partial charge in [0, 0.05) is 52.5 Å². The van der Waals surface area contributed by atoms with Crippen LogP contribution >= 0.6 is 24.0 Å². The minimum atomic E-state index is 0. The van der Waals surface area contributed by atoms with Gasteiger partial charge in [-0.1, -0.05) is 27.2 Å². The van der Waals surface area contributed by atoms with Crippen molar-refractivity contribution >= 4 is 29.9 Å². The van der Waals surface area contributed by atoms with E-state index in [1.807, 2.05) is 18.8 Å². The van der Waals surface area contributed by atoms with Crippen LogP contribution in [-0.4, -0.2) is 65.8 Å². The van der Waals surface area contributed by atoms with Gasteiger partial charge < -0.3 is 15.1 Å². The third-order valence-corrected chi connectivity index (χ3v) is 5.09. The van der Waals surface area contributed by atoms with Gasteiger partial charge in [-0.25, -0.2) is 0 Å². The van der Waals surface area contributed by atoms with Crippen LogP contribution in [0.15, 0.2) is 11.2 Å². The van der Waals surface area contributed by atoms with Gasteiger partial charge in [0.2, 0.25) is 0 Å². The lowest BCUT2D eigenvalue weighted by atomic mass is 10.1. The molecule has 1 atom stereocenters. The fraction of sp³-hybridized carbons (Fsp3) is 0.800. The number of aliphatic imine (C=N–C) groups is 1. The number of aromatic nitrogens is 2. The van der Waals surface area contributed by atoms with E-state index in [4.69, 9.17) is 0 Å². The highest BCUT2D eigenvalue weighted by Gasteiger charge is 2.17. The highest BCUT2D eigenvalue weighted by atomic mass is 127. The van der Waals surface area contributed by atoms with Gasteiger partial charge >= 0.3 is 0 Å². The summed E-state index contributed by atoms with van der Waals surface area (Å²) in [4.78, 5) is 9.27. The molecule has 1 fully saturated rings. The van der Waals surface area contributed by atoms with Gasteiger partial charge in [0.15, 0.2) is 5.96 Å². The zero-order chi connectivity index (χ0) is 19.1. The summed E-state index contributed by atoms with van der Waals surface area (Å²) in [5.74, 6) is 2.00. The highest BCUT2D eigenvalue weighted by molar-refractivity contribution is 14.0. The lowest BCUT2D eigenvalue weighted by molar-refractivity contribution is 0.200. The summed E-state index contributed by atoms with van der Waals surface area (Å²) in [5.41, 5.74) is 2.45. The molecule has 0 spiro atoms. The van der Waals surface area contributed by atoms with E-state index in [1.165, 1.54) is 50.2 Å². The molecular weight excluding hydrogens is 451 g/mol. The Morgan fingerprint density at radius 1 is 1.26 bits per heavy atom. The molecule has 0 aromatic carbocycles. The summed E-state index contributed by atoms with van der Waals surface area (Å²) >= 11 is 0. The summed E-state index contributed by atoms with van der Waals surface area (Å²) in [6, 6.07) is 0. The second kappa shape index (κ2) is 11.9. The molecule has 7 heteroatoms. The van der Waals surface area contributed by atoms with Gasteiger partial charge in [0.25, 0.3) is 0 Å². The maximum Gasteiger partial charge on any atom is 0.193 e. The summed E-state index contributed by atoms with van der Waals surface area (Å²) in [7, 11) is 5.95. The minimum absolute atomic E-state index is 0. The molecule has 1 unspecified atom stereocenters. The van der Waals surface area contributed by atoms with Crippen molar-refractivity contribution in [2.45, 2.75) is 52.5 Å². The smallest absolute Gasteiger partial charge is 0.193 e. The van der Waals surface area contributed by atoms with Crippen molar-refractivity contribution < 1.29 is 0 Å². The first-order valence-electron chi connectivity index (χ1n) is 10.1. The average molecular weight is 490 g/mol. The molecule has 2 heterocycles. The zero-order valence-corrected chi connectivity index (χ0v) is 20.4. The molecule has 0 amide bonds. The van der Waals surface area contributed by atoms with E-state index in [0.29, 0.717) is 11.8 Å². The van der Waals surface area contributed by atoms with Crippen LogP contribution in [0.5, 0.6) is 0 Å². The van der Waals surface area contributed by atoms with Crippen LogP contribution in [0.2, 0.25) is 0 Å². The Morgan fingerprint density at radius 2 is 1.93 bits per heavy atom. The molecule has 27 heavy (non-hydrogen) atoms. The lowest BCUT2D eigenvalue weighted by Gasteiger charge is -2.30. The Morgan fingerprint density at radius 3 is 2.52 bits per heavy atom. The first-order chi connectivity index (χ1) is 12.4. The Labute approximate surface area is 182 Å². The minimum Gasteiger partial charge on any atom is -0.356 e. The third kappa shape index (κ3) is 7.60. The summed E-state index contributed by atoms with van der Waals surface area (Å²) in [6.45, 7) is 12.2. The molecule has 6 nitrogen and oxygen atoms in total. The Bertz CT molecular complexity index is 577. The van der Waals surface area contributed by atoms with E-state index in [0.717, 1.165) is 19.0 Å². The topological polar surface area (TPSA) is 48.7 Å². The molecule has 1 N–H and O–H groups in total. The first kappa shape index (κ1) is 24.2. The van der Waals surface area contributed by atoms with E-state index >= 15 is 0 Å². The number of hydrogen-bond acceptors (Lipinski definition) is 3. The predicted octanol–water partition coefficient (Wildman–Crippen LogP) is 3.29. The largest absolute Gasteiger partial charge is 0.356 e. The van der Waals surface area contributed by atoms with Crippen LogP contribution in [0.1, 0.15) is 57.2 Å². The third-order valence-electron chi connectivity index (χ3n) is 5.09. The second-order valence-electron chi connectivity index (χ2n) is 8.12. The number of nitrogens with one attached hydrogen (secondary N) is 1. The molecule has 156 valence electrons. The number of aryl methyl sites for hydroxylation is 1. The van der Waals surface area contributed by atoms with E-state index in [9.17, 15) is 0 Å². The monoisotopic (exact) mass is 490 g/mol. The van der Waals surface area contributed by atoms with Gasteiger partial charge in [0.1, 0.15) is 0 Å². The molecule has 1 aliphatic heterocycles.